The van der Waals surface area contributed by atoms with Crippen LogP contribution < -0.4 is 0 Å². The number of nitro benzene ring substituents is 1. The molecule has 0 N–H and O–H groups in total. The van der Waals surface area contributed by atoms with Gasteiger partial charge in [-0.15, -0.1) is 0 Å². The monoisotopic (exact) mass is 293 g/mol. The van der Waals surface area contributed by atoms with Gasteiger partial charge in [0.2, 0.25) is 0 Å². The number of non-ortho nitro benzene ring substituents is 1. The number of nitro groups is 1. The maximum atomic E-state index is 11.7. The molecule has 0 saturated heterocycles. The predicted molar refractivity (Wildman–Crippen MR) is 74.7 cm³/mol. The normalized spacial score (nSPS) is 10.6. The summed E-state index contributed by atoms with van der Waals surface area (Å²) in [6, 6.07) is 4.10. The van der Waals surface area contributed by atoms with E-state index in [1.807, 2.05) is 0 Å². The second-order valence-corrected chi connectivity index (χ2v) is 4.79. The molecular formula is C13H12ClN3O3. The summed E-state index contributed by atoms with van der Waals surface area (Å²) in [6.45, 7) is 4.88. The highest BCUT2D eigenvalue weighted by atomic mass is 35.5. The molecule has 0 aliphatic carbocycles. The zero-order valence-corrected chi connectivity index (χ0v) is 11.9. The molecule has 2 rings (SSSR count). The van der Waals surface area contributed by atoms with E-state index in [1.54, 1.807) is 13.8 Å². The lowest BCUT2D eigenvalue weighted by Crippen LogP contribution is -2.07. The molecule has 0 unspecified atom stereocenters. The quantitative estimate of drug-likeness (QED) is 0.494. The van der Waals surface area contributed by atoms with Crippen molar-refractivity contribution in [3.63, 3.8) is 0 Å². The van der Waals surface area contributed by atoms with Crippen LogP contribution >= 0.6 is 11.6 Å². The number of benzene rings is 1. The van der Waals surface area contributed by atoms with Gasteiger partial charge in [0.1, 0.15) is 0 Å². The van der Waals surface area contributed by atoms with Gasteiger partial charge < -0.3 is 0 Å². The molecule has 1 aromatic heterocycles. The van der Waals surface area contributed by atoms with Crippen LogP contribution in [0.25, 0.3) is 5.69 Å². The van der Waals surface area contributed by atoms with Gasteiger partial charge in [-0.1, -0.05) is 11.6 Å². The van der Waals surface area contributed by atoms with Crippen molar-refractivity contribution in [2.24, 2.45) is 0 Å². The van der Waals surface area contributed by atoms with E-state index in [4.69, 9.17) is 11.6 Å². The number of carbonyl (C=O) groups is 1. The van der Waals surface area contributed by atoms with Gasteiger partial charge in [-0.3, -0.25) is 14.9 Å². The Hall–Kier alpha value is -2.21. The van der Waals surface area contributed by atoms with Crippen molar-refractivity contribution in [3.05, 3.63) is 50.3 Å². The van der Waals surface area contributed by atoms with Crippen LogP contribution in [0.15, 0.2) is 18.2 Å². The van der Waals surface area contributed by atoms with Crippen LogP contribution in [0.1, 0.15) is 28.7 Å². The Kier molecular flexibility index (Phi) is 3.59. The summed E-state index contributed by atoms with van der Waals surface area (Å²) in [5.74, 6) is -0.271. The molecule has 7 heteroatoms. The largest absolute Gasteiger partial charge is 0.294 e. The number of aryl methyl sites for hydroxylation is 1. The molecule has 0 amide bonds. The number of carbonyl (C=O) groups excluding carboxylic acids is 1. The number of hydrogen-bond acceptors (Lipinski definition) is 4. The fourth-order valence-electron chi connectivity index (χ4n) is 1.96. The van der Waals surface area contributed by atoms with E-state index in [2.05, 4.69) is 5.10 Å². The summed E-state index contributed by atoms with van der Waals surface area (Å²) in [5.41, 5.74) is 1.90. The third-order valence-corrected chi connectivity index (χ3v) is 3.55. The first-order valence-electron chi connectivity index (χ1n) is 5.84. The summed E-state index contributed by atoms with van der Waals surface area (Å²) in [6.07, 6.45) is 0. The molecule has 0 fully saturated rings. The van der Waals surface area contributed by atoms with Gasteiger partial charge in [0.05, 0.1) is 27.0 Å². The Labute approximate surface area is 120 Å². The highest BCUT2D eigenvalue weighted by molar-refractivity contribution is 6.31. The third-order valence-electron chi connectivity index (χ3n) is 3.00. The maximum absolute atomic E-state index is 11.7. The first-order valence-corrected chi connectivity index (χ1v) is 6.22. The van der Waals surface area contributed by atoms with E-state index in [1.165, 1.54) is 29.8 Å². The predicted octanol–water partition coefficient (Wildman–Crippen LogP) is 3.25. The van der Waals surface area contributed by atoms with Crippen molar-refractivity contribution in [1.29, 1.82) is 0 Å². The summed E-state index contributed by atoms with van der Waals surface area (Å²) >= 11 is 6.09. The average Bonchev–Trinajstić information content (AvgIpc) is 2.65. The minimum absolute atomic E-state index is 0.133. The van der Waals surface area contributed by atoms with Gasteiger partial charge >= 0.3 is 0 Å². The van der Waals surface area contributed by atoms with E-state index in [0.717, 1.165) is 0 Å². The van der Waals surface area contributed by atoms with Gasteiger partial charge in [0.15, 0.2) is 5.78 Å². The highest BCUT2D eigenvalue weighted by Gasteiger charge is 2.18. The molecule has 1 heterocycles. The molecule has 0 atom stereocenters. The molecule has 0 spiro atoms. The maximum Gasteiger partial charge on any atom is 0.270 e. The molecule has 0 aliphatic heterocycles. The molecule has 0 aliphatic rings. The van der Waals surface area contributed by atoms with Crippen molar-refractivity contribution in [2.75, 3.05) is 0 Å². The lowest BCUT2D eigenvalue weighted by atomic mass is 10.1. The van der Waals surface area contributed by atoms with Crippen molar-refractivity contribution in [1.82, 2.24) is 9.78 Å². The molecule has 1 aromatic carbocycles. The molecule has 20 heavy (non-hydrogen) atoms. The van der Waals surface area contributed by atoms with Crippen molar-refractivity contribution < 1.29 is 9.72 Å². The molecule has 0 saturated carbocycles. The number of halogens is 1. The topological polar surface area (TPSA) is 78.0 Å². The summed E-state index contributed by atoms with van der Waals surface area (Å²) in [7, 11) is 0. The van der Waals surface area contributed by atoms with Crippen LogP contribution in [-0.2, 0) is 0 Å². The molecular weight excluding hydrogens is 282 g/mol. The van der Waals surface area contributed by atoms with Crippen LogP contribution in [0.4, 0.5) is 5.69 Å². The minimum atomic E-state index is -0.537. The SMILES string of the molecule is CC(=O)c1cc([N+](=O)[O-])ccc1-n1nc(C)c(Cl)c1C. The molecule has 104 valence electrons. The number of ketones is 1. The van der Waals surface area contributed by atoms with Gasteiger partial charge in [-0.2, -0.15) is 5.10 Å². The van der Waals surface area contributed by atoms with Crippen LogP contribution in [0.2, 0.25) is 5.02 Å². The van der Waals surface area contributed by atoms with Crippen molar-refractivity contribution in [2.45, 2.75) is 20.8 Å². The smallest absolute Gasteiger partial charge is 0.270 e. The fraction of sp³-hybridized carbons (Fsp3) is 0.231. The third kappa shape index (κ3) is 2.30. The van der Waals surface area contributed by atoms with E-state index < -0.39 is 4.92 Å². The number of aromatic nitrogens is 2. The lowest BCUT2D eigenvalue weighted by molar-refractivity contribution is -0.384. The molecule has 2 aromatic rings. The lowest BCUT2D eigenvalue weighted by Gasteiger charge is -2.09. The Bertz CT molecular complexity index is 722. The standard InChI is InChI=1S/C13H12ClN3O3/c1-7-13(14)8(2)16(15-7)12-5-4-10(17(19)20)6-11(12)9(3)18/h4-6H,1-3H3. The number of Topliss-reactive ketones (excluding diaryl/α,β-unsaturated/α-hetero) is 1. The van der Waals surface area contributed by atoms with E-state index in [-0.39, 0.29) is 17.0 Å². The van der Waals surface area contributed by atoms with Crippen LogP contribution in [0, 0.1) is 24.0 Å². The Morgan fingerprint density at radius 3 is 2.50 bits per heavy atom. The Balaban J connectivity index is 2.70. The number of nitrogens with zero attached hydrogens (tertiary/aromatic N) is 3. The average molecular weight is 294 g/mol. The van der Waals surface area contributed by atoms with Crippen LogP contribution in [0.5, 0.6) is 0 Å². The first-order chi connectivity index (χ1) is 9.32. The van der Waals surface area contributed by atoms with Gasteiger partial charge in [0, 0.05) is 17.7 Å². The summed E-state index contributed by atoms with van der Waals surface area (Å²) < 4.78 is 1.53. The fourth-order valence-corrected chi connectivity index (χ4v) is 2.08. The summed E-state index contributed by atoms with van der Waals surface area (Å²) in [5, 5.41) is 15.6. The second-order valence-electron chi connectivity index (χ2n) is 4.41. The first kappa shape index (κ1) is 14.2. The molecule has 6 nitrogen and oxygen atoms in total. The molecule has 0 radical (unpaired) electrons. The van der Waals surface area contributed by atoms with Gasteiger partial charge in [0.25, 0.3) is 5.69 Å². The highest BCUT2D eigenvalue weighted by Crippen LogP contribution is 2.26. The number of rotatable bonds is 3. The summed E-state index contributed by atoms with van der Waals surface area (Å²) in [4.78, 5) is 22.0. The second kappa shape index (κ2) is 5.05. The van der Waals surface area contributed by atoms with E-state index >= 15 is 0 Å². The Morgan fingerprint density at radius 2 is 2.05 bits per heavy atom. The zero-order valence-electron chi connectivity index (χ0n) is 11.2. The van der Waals surface area contributed by atoms with Crippen molar-refractivity contribution in [3.8, 4) is 5.69 Å². The van der Waals surface area contributed by atoms with Gasteiger partial charge in [-0.05, 0) is 26.8 Å². The van der Waals surface area contributed by atoms with Crippen molar-refractivity contribution >= 4 is 23.1 Å². The van der Waals surface area contributed by atoms with E-state index in [0.29, 0.717) is 22.1 Å². The van der Waals surface area contributed by atoms with Crippen LogP contribution in [-0.4, -0.2) is 20.5 Å². The van der Waals surface area contributed by atoms with Crippen LogP contribution in [0.3, 0.4) is 0 Å². The van der Waals surface area contributed by atoms with Gasteiger partial charge in [-0.25, -0.2) is 4.68 Å². The number of hydrogen-bond donors (Lipinski definition) is 0. The Morgan fingerprint density at radius 1 is 1.40 bits per heavy atom. The van der Waals surface area contributed by atoms with E-state index in [9.17, 15) is 14.9 Å². The zero-order chi connectivity index (χ0) is 15.0. The molecule has 0 bridgehead atoms. The minimum Gasteiger partial charge on any atom is -0.294 e.